The molecule has 3 aromatic heterocycles. The highest BCUT2D eigenvalue weighted by Crippen LogP contribution is 2.21. The molecule has 0 saturated carbocycles. The molecule has 3 amide bonds. The highest BCUT2D eigenvalue weighted by atomic mass is 19.3. The van der Waals surface area contributed by atoms with Crippen LogP contribution in [0.2, 0.25) is 0 Å². The number of aromatic amines is 1. The second-order valence-electron chi connectivity index (χ2n) is 8.71. The Morgan fingerprint density at radius 1 is 1.16 bits per heavy atom. The van der Waals surface area contributed by atoms with E-state index in [0.717, 1.165) is 6.08 Å². The quantitative estimate of drug-likeness (QED) is 0.314. The molecular formula is C25H26F2N8O3. The van der Waals surface area contributed by atoms with Crippen molar-refractivity contribution < 1.29 is 23.2 Å². The molecule has 1 aliphatic rings. The molecule has 0 aromatic carbocycles. The predicted molar refractivity (Wildman–Crippen MR) is 135 cm³/mol. The van der Waals surface area contributed by atoms with Crippen LogP contribution in [0.15, 0.2) is 61.4 Å². The standard InChI is InChI=1S/C25H26F2N8O3/c1-2-23(36)30-17-10-15(12-35(13-17)14-21(26)27)24(37)31-16-6-7-22(28-11-16)33-25(38)20-5-3-4-18(32-20)19-8-9-29-34-19/h2-9,11,15,17,21H,1,10,12-14H2,(H,29,34)(H,30,36)(H,31,37)(H,28,33,38)/t15-,17+/m1/s1. The smallest absolute Gasteiger partial charge is 0.275 e. The maximum absolute atomic E-state index is 13.0. The van der Waals surface area contributed by atoms with Gasteiger partial charge in [-0.2, -0.15) is 5.10 Å². The molecule has 38 heavy (non-hydrogen) atoms. The van der Waals surface area contributed by atoms with Gasteiger partial charge in [-0.25, -0.2) is 18.7 Å². The van der Waals surface area contributed by atoms with Gasteiger partial charge in [-0.1, -0.05) is 12.6 Å². The Kier molecular flexibility index (Phi) is 8.48. The highest BCUT2D eigenvalue weighted by Gasteiger charge is 2.33. The summed E-state index contributed by atoms with van der Waals surface area (Å²) >= 11 is 0. The molecule has 0 bridgehead atoms. The van der Waals surface area contributed by atoms with Crippen molar-refractivity contribution in [1.29, 1.82) is 0 Å². The minimum Gasteiger partial charge on any atom is -0.349 e. The monoisotopic (exact) mass is 524 g/mol. The van der Waals surface area contributed by atoms with Gasteiger partial charge in [0.15, 0.2) is 0 Å². The van der Waals surface area contributed by atoms with Gasteiger partial charge in [-0.15, -0.1) is 0 Å². The van der Waals surface area contributed by atoms with Crippen molar-refractivity contribution in [1.82, 2.24) is 30.4 Å². The van der Waals surface area contributed by atoms with Crippen molar-refractivity contribution in [2.24, 2.45) is 5.92 Å². The van der Waals surface area contributed by atoms with Gasteiger partial charge in [0.25, 0.3) is 12.3 Å². The molecule has 13 heteroatoms. The van der Waals surface area contributed by atoms with Gasteiger partial charge < -0.3 is 16.0 Å². The minimum absolute atomic E-state index is 0.128. The molecule has 0 aliphatic carbocycles. The number of carbonyl (C=O) groups is 3. The number of nitrogens with one attached hydrogen (secondary N) is 4. The summed E-state index contributed by atoms with van der Waals surface area (Å²) < 4.78 is 26.0. The molecule has 1 saturated heterocycles. The van der Waals surface area contributed by atoms with Crippen LogP contribution in [-0.4, -0.2) is 74.9 Å². The van der Waals surface area contributed by atoms with E-state index in [0.29, 0.717) is 17.1 Å². The van der Waals surface area contributed by atoms with Gasteiger partial charge in [0, 0.05) is 25.3 Å². The van der Waals surface area contributed by atoms with E-state index in [-0.39, 0.29) is 36.9 Å². The van der Waals surface area contributed by atoms with Crippen molar-refractivity contribution in [2.75, 3.05) is 30.3 Å². The zero-order valence-corrected chi connectivity index (χ0v) is 20.2. The molecular weight excluding hydrogens is 498 g/mol. The van der Waals surface area contributed by atoms with Gasteiger partial charge in [0.2, 0.25) is 11.8 Å². The van der Waals surface area contributed by atoms with E-state index in [4.69, 9.17) is 0 Å². The van der Waals surface area contributed by atoms with Gasteiger partial charge in [-0.05, 0) is 42.8 Å². The number of alkyl halides is 2. The van der Waals surface area contributed by atoms with E-state index in [1.165, 1.54) is 17.2 Å². The maximum atomic E-state index is 13.0. The Bertz CT molecular complexity index is 1280. The summed E-state index contributed by atoms with van der Waals surface area (Å²) in [7, 11) is 0. The first-order valence-electron chi connectivity index (χ1n) is 11.8. The van der Waals surface area contributed by atoms with E-state index in [1.807, 2.05) is 0 Å². The molecule has 0 radical (unpaired) electrons. The molecule has 1 aliphatic heterocycles. The Hall–Kier alpha value is -4.52. The zero-order valence-electron chi connectivity index (χ0n) is 20.2. The third-order valence-corrected chi connectivity index (χ3v) is 5.86. The lowest BCUT2D eigenvalue weighted by Gasteiger charge is -2.37. The molecule has 11 nitrogen and oxygen atoms in total. The summed E-state index contributed by atoms with van der Waals surface area (Å²) in [4.78, 5) is 47.2. The van der Waals surface area contributed by atoms with Crippen LogP contribution >= 0.6 is 0 Å². The van der Waals surface area contributed by atoms with E-state index in [1.54, 1.807) is 36.5 Å². The summed E-state index contributed by atoms with van der Waals surface area (Å²) in [5.74, 6) is -1.68. The number of amides is 3. The number of H-pyrrole nitrogens is 1. The summed E-state index contributed by atoms with van der Waals surface area (Å²) in [6.45, 7) is 3.23. The first-order chi connectivity index (χ1) is 18.3. The number of hydrogen-bond acceptors (Lipinski definition) is 7. The Balaban J connectivity index is 1.36. The van der Waals surface area contributed by atoms with Gasteiger partial charge >= 0.3 is 0 Å². The lowest BCUT2D eigenvalue weighted by molar-refractivity contribution is -0.124. The van der Waals surface area contributed by atoms with Crippen molar-refractivity contribution in [3.05, 3.63) is 67.1 Å². The molecule has 4 heterocycles. The topological polar surface area (TPSA) is 145 Å². The first kappa shape index (κ1) is 26.5. The van der Waals surface area contributed by atoms with Gasteiger partial charge in [0.1, 0.15) is 11.5 Å². The molecule has 0 unspecified atom stereocenters. The third-order valence-electron chi connectivity index (χ3n) is 5.86. The summed E-state index contributed by atoms with van der Waals surface area (Å²) in [6, 6.07) is 9.35. The van der Waals surface area contributed by atoms with E-state index < -0.39 is 36.7 Å². The van der Waals surface area contributed by atoms with Crippen LogP contribution in [0.4, 0.5) is 20.3 Å². The second-order valence-corrected chi connectivity index (χ2v) is 8.71. The number of hydrogen-bond donors (Lipinski definition) is 4. The number of aromatic nitrogens is 4. The lowest BCUT2D eigenvalue weighted by atomic mass is 9.93. The minimum atomic E-state index is -2.57. The first-order valence-corrected chi connectivity index (χ1v) is 11.8. The number of likely N-dealkylation sites (tertiary alicyclic amines) is 1. The predicted octanol–water partition coefficient (Wildman–Crippen LogP) is 2.32. The largest absolute Gasteiger partial charge is 0.349 e. The lowest BCUT2D eigenvalue weighted by Crippen LogP contribution is -2.53. The van der Waals surface area contributed by atoms with Crippen LogP contribution in [0.25, 0.3) is 11.4 Å². The number of halogens is 2. The molecule has 2 atom stereocenters. The van der Waals surface area contributed by atoms with Crippen LogP contribution in [0.5, 0.6) is 0 Å². The number of pyridine rings is 2. The van der Waals surface area contributed by atoms with Crippen LogP contribution in [0, 0.1) is 5.92 Å². The van der Waals surface area contributed by atoms with Crippen LogP contribution in [-0.2, 0) is 9.59 Å². The molecule has 4 rings (SSSR count). The van der Waals surface area contributed by atoms with Crippen molar-refractivity contribution >= 4 is 29.2 Å². The van der Waals surface area contributed by atoms with Crippen LogP contribution in [0.1, 0.15) is 16.9 Å². The highest BCUT2D eigenvalue weighted by molar-refractivity contribution is 6.02. The fourth-order valence-corrected chi connectivity index (χ4v) is 4.17. The van der Waals surface area contributed by atoms with Crippen molar-refractivity contribution in [3.8, 4) is 11.4 Å². The van der Waals surface area contributed by atoms with E-state index in [2.05, 4.69) is 42.7 Å². The fraction of sp³-hybridized carbons (Fsp3) is 0.280. The maximum Gasteiger partial charge on any atom is 0.275 e. The summed E-state index contributed by atoms with van der Waals surface area (Å²) in [5.41, 5.74) is 1.77. The normalized spacial score (nSPS) is 17.6. The third kappa shape index (κ3) is 7.03. The fourth-order valence-electron chi connectivity index (χ4n) is 4.17. The van der Waals surface area contributed by atoms with Gasteiger partial charge in [-0.3, -0.25) is 24.4 Å². The molecule has 3 aromatic rings. The molecule has 1 fully saturated rings. The zero-order chi connectivity index (χ0) is 27.1. The van der Waals surface area contributed by atoms with Gasteiger partial charge in [0.05, 0.1) is 35.7 Å². The number of rotatable bonds is 9. The van der Waals surface area contributed by atoms with Crippen LogP contribution < -0.4 is 16.0 Å². The van der Waals surface area contributed by atoms with Crippen molar-refractivity contribution in [2.45, 2.75) is 18.9 Å². The molecule has 0 spiro atoms. The number of anilines is 2. The Labute approximate surface area is 216 Å². The molecule has 4 N–H and O–H groups in total. The summed E-state index contributed by atoms with van der Waals surface area (Å²) in [5, 5.41) is 14.7. The average Bonchev–Trinajstić information content (AvgIpc) is 3.44. The number of nitrogens with zero attached hydrogens (tertiary/aromatic N) is 4. The van der Waals surface area contributed by atoms with E-state index in [9.17, 15) is 23.2 Å². The molecule has 198 valence electrons. The summed E-state index contributed by atoms with van der Waals surface area (Å²) in [6.07, 6.45) is 1.78. The van der Waals surface area contributed by atoms with Crippen molar-refractivity contribution in [3.63, 3.8) is 0 Å². The van der Waals surface area contributed by atoms with Crippen LogP contribution in [0.3, 0.4) is 0 Å². The number of carbonyl (C=O) groups excluding carboxylic acids is 3. The Morgan fingerprint density at radius 2 is 2.00 bits per heavy atom. The van der Waals surface area contributed by atoms with E-state index >= 15 is 0 Å². The number of piperidine rings is 1. The Morgan fingerprint density at radius 3 is 2.68 bits per heavy atom. The second kappa shape index (κ2) is 12.1. The SMILES string of the molecule is C=CC(=O)N[C@H]1C[C@@H](C(=O)Nc2ccc(NC(=O)c3cccc(-c4ccn[nH]4)n3)nc2)CN(CC(F)F)C1. The average molecular weight is 525 g/mol.